The third-order valence-electron chi connectivity index (χ3n) is 4.68. The van der Waals surface area contributed by atoms with Crippen LogP contribution in [0.25, 0.3) is 17.1 Å². The summed E-state index contributed by atoms with van der Waals surface area (Å²) in [7, 11) is 0. The smallest absolute Gasteiger partial charge is 0.272 e. The van der Waals surface area contributed by atoms with Crippen LogP contribution in [-0.2, 0) is 0 Å². The Morgan fingerprint density at radius 1 is 1.41 bits per heavy atom. The minimum Gasteiger partial charge on any atom is -0.463 e. The van der Waals surface area contributed by atoms with Crippen LogP contribution in [0, 0.1) is 5.92 Å². The molecule has 2 amide bonds. The Labute approximate surface area is 156 Å². The minimum atomic E-state index is -0.691. The summed E-state index contributed by atoms with van der Waals surface area (Å²) in [6.07, 6.45) is 6.19. The maximum atomic E-state index is 13.2. The zero-order chi connectivity index (χ0) is 19.0. The first-order valence-electron chi connectivity index (χ1n) is 9.09. The lowest BCUT2D eigenvalue weighted by atomic mass is 10.2. The van der Waals surface area contributed by atoms with E-state index in [1.807, 2.05) is 11.8 Å². The summed E-state index contributed by atoms with van der Waals surface area (Å²) in [5, 5.41) is 0. The summed E-state index contributed by atoms with van der Waals surface area (Å²) in [4.78, 5) is 35.2. The summed E-state index contributed by atoms with van der Waals surface area (Å²) in [5.74, 6) is 0.276. The Kier molecular flexibility index (Phi) is 4.39. The average molecular weight is 367 g/mol. The third kappa shape index (κ3) is 3.30. The number of imidazole rings is 1. The van der Waals surface area contributed by atoms with E-state index in [1.54, 1.807) is 28.9 Å². The monoisotopic (exact) mass is 367 g/mol. The highest BCUT2D eigenvalue weighted by molar-refractivity contribution is 5.99. The average Bonchev–Trinajstić information content (AvgIpc) is 3.13. The van der Waals surface area contributed by atoms with E-state index >= 15 is 0 Å². The molecule has 140 valence electrons. The second kappa shape index (κ2) is 6.86. The number of nitrogens with zero attached hydrogens (tertiary/aromatic N) is 4. The molecule has 2 N–H and O–H groups in total. The van der Waals surface area contributed by atoms with Gasteiger partial charge in [-0.05, 0) is 43.4 Å². The Morgan fingerprint density at radius 2 is 2.22 bits per heavy atom. The lowest BCUT2D eigenvalue weighted by Gasteiger charge is -2.22. The molecule has 0 aliphatic heterocycles. The van der Waals surface area contributed by atoms with Crippen LogP contribution in [0.15, 0.2) is 35.2 Å². The van der Waals surface area contributed by atoms with Gasteiger partial charge in [-0.25, -0.2) is 9.97 Å². The van der Waals surface area contributed by atoms with E-state index in [0.29, 0.717) is 23.9 Å². The fourth-order valence-corrected chi connectivity index (χ4v) is 3.19. The van der Waals surface area contributed by atoms with Crippen molar-refractivity contribution in [3.05, 3.63) is 42.2 Å². The molecule has 0 unspecified atom stereocenters. The predicted octanol–water partition coefficient (Wildman–Crippen LogP) is 2.35. The maximum Gasteiger partial charge on any atom is 0.272 e. The number of hydrogen-bond acceptors (Lipinski definition) is 5. The highest BCUT2D eigenvalue weighted by Crippen LogP contribution is 2.30. The zero-order valence-corrected chi connectivity index (χ0v) is 15.1. The van der Waals surface area contributed by atoms with E-state index in [-0.39, 0.29) is 22.9 Å². The third-order valence-corrected chi connectivity index (χ3v) is 4.68. The Hall–Kier alpha value is -3.16. The molecule has 4 rings (SSSR count). The Balaban J connectivity index is 1.83. The van der Waals surface area contributed by atoms with Crippen LogP contribution in [0.5, 0.6) is 0 Å². The number of carbonyl (C=O) groups excluding carboxylic acids is 2. The molecule has 3 aromatic rings. The van der Waals surface area contributed by atoms with Gasteiger partial charge in [0.1, 0.15) is 12.0 Å². The lowest BCUT2D eigenvalue weighted by molar-refractivity contribution is 0.0741. The van der Waals surface area contributed by atoms with E-state index in [1.165, 1.54) is 6.33 Å². The largest absolute Gasteiger partial charge is 0.463 e. The molecule has 0 radical (unpaired) electrons. The summed E-state index contributed by atoms with van der Waals surface area (Å²) in [6, 6.07) is 5.21. The van der Waals surface area contributed by atoms with Crippen molar-refractivity contribution >= 4 is 17.5 Å². The van der Waals surface area contributed by atoms with Crippen molar-refractivity contribution < 1.29 is 14.0 Å². The highest BCUT2D eigenvalue weighted by atomic mass is 16.3. The molecule has 0 aromatic carbocycles. The standard InChI is InChI=1S/C19H21N5O3/c1-2-7-23(10-12-5-6-12)19(26)13-9-14(15-4-3-8-27-15)24-11-21-16(17(20)25)18(24)22-13/h3-4,8-9,11-12H,2,5-7,10H2,1H3,(H2,20,25). The quantitative estimate of drug-likeness (QED) is 0.690. The molecule has 1 fully saturated rings. The molecule has 3 aromatic heterocycles. The van der Waals surface area contributed by atoms with E-state index in [9.17, 15) is 9.59 Å². The number of rotatable bonds is 7. The highest BCUT2D eigenvalue weighted by Gasteiger charge is 2.28. The molecule has 1 saturated carbocycles. The number of amides is 2. The molecule has 1 aliphatic rings. The number of carbonyl (C=O) groups is 2. The summed E-state index contributed by atoms with van der Waals surface area (Å²) in [5.41, 5.74) is 6.56. The van der Waals surface area contributed by atoms with Gasteiger partial charge in [0.25, 0.3) is 11.8 Å². The molecule has 8 heteroatoms. The lowest BCUT2D eigenvalue weighted by Crippen LogP contribution is -2.34. The number of hydrogen-bond donors (Lipinski definition) is 1. The van der Waals surface area contributed by atoms with Crippen molar-refractivity contribution in [2.45, 2.75) is 26.2 Å². The minimum absolute atomic E-state index is 0.0293. The molecule has 1 aliphatic carbocycles. The van der Waals surface area contributed by atoms with Gasteiger partial charge in [0.15, 0.2) is 17.1 Å². The Morgan fingerprint density at radius 3 is 2.85 bits per heavy atom. The van der Waals surface area contributed by atoms with Gasteiger partial charge in [0, 0.05) is 13.1 Å². The van der Waals surface area contributed by atoms with Crippen molar-refractivity contribution in [2.24, 2.45) is 11.7 Å². The van der Waals surface area contributed by atoms with Crippen LogP contribution in [0.1, 0.15) is 47.2 Å². The summed E-state index contributed by atoms with van der Waals surface area (Å²) >= 11 is 0. The normalized spacial score (nSPS) is 13.8. The van der Waals surface area contributed by atoms with E-state index in [2.05, 4.69) is 9.97 Å². The van der Waals surface area contributed by atoms with Crippen LogP contribution >= 0.6 is 0 Å². The molecule has 0 bridgehead atoms. The predicted molar refractivity (Wildman–Crippen MR) is 98.1 cm³/mol. The van der Waals surface area contributed by atoms with Crippen LogP contribution in [0.4, 0.5) is 0 Å². The molecule has 8 nitrogen and oxygen atoms in total. The zero-order valence-electron chi connectivity index (χ0n) is 15.1. The fraction of sp³-hybridized carbons (Fsp3) is 0.368. The SMILES string of the molecule is CCCN(CC1CC1)C(=O)c1cc(-c2ccco2)n2cnc(C(N)=O)c2n1. The Bertz CT molecular complexity index is 988. The van der Waals surface area contributed by atoms with Crippen LogP contribution < -0.4 is 5.73 Å². The number of nitrogens with two attached hydrogens (primary N) is 1. The first kappa shape index (κ1) is 17.3. The fourth-order valence-electron chi connectivity index (χ4n) is 3.19. The van der Waals surface area contributed by atoms with E-state index in [4.69, 9.17) is 10.2 Å². The number of fused-ring (bicyclic) bond motifs is 1. The molecule has 0 atom stereocenters. The number of aromatic nitrogens is 3. The summed E-state index contributed by atoms with van der Waals surface area (Å²) < 4.78 is 7.11. The van der Waals surface area contributed by atoms with Crippen LogP contribution in [0.2, 0.25) is 0 Å². The number of furan rings is 1. The first-order valence-corrected chi connectivity index (χ1v) is 9.09. The van der Waals surface area contributed by atoms with Crippen molar-refractivity contribution in [3.8, 4) is 11.5 Å². The molecule has 27 heavy (non-hydrogen) atoms. The number of primary amides is 1. The van der Waals surface area contributed by atoms with Gasteiger partial charge < -0.3 is 15.1 Å². The van der Waals surface area contributed by atoms with Gasteiger partial charge in [-0.2, -0.15) is 0 Å². The van der Waals surface area contributed by atoms with Gasteiger partial charge in [0.2, 0.25) is 0 Å². The molecular formula is C19H21N5O3. The van der Waals surface area contributed by atoms with E-state index < -0.39 is 5.91 Å². The van der Waals surface area contributed by atoms with Gasteiger partial charge >= 0.3 is 0 Å². The molecular weight excluding hydrogens is 346 g/mol. The van der Waals surface area contributed by atoms with Gasteiger partial charge in [0.05, 0.1) is 12.0 Å². The molecule has 3 heterocycles. The first-order chi connectivity index (χ1) is 13.1. The van der Waals surface area contributed by atoms with E-state index in [0.717, 1.165) is 25.8 Å². The van der Waals surface area contributed by atoms with Gasteiger partial charge in [-0.1, -0.05) is 6.92 Å². The summed E-state index contributed by atoms with van der Waals surface area (Å²) in [6.45, 7) is 3.44. The molecule has 0 saturated heterocycles. The van der Waals surface area contributed by atoms with Crippen LogP contribution in [0.3, 0.4) is 0 Å². The van der Waals surface area contributed by atoms with Gasteiger partial charge in [-0.15, -0.1) is 0 Å². The van der Waals surface area contributed by atoms with Crippen LogP contribution in [-0.4, -0.2) is 44.2 Å². The van der Waals surface area contributed by atoms with Crippen molar-refractivity contribution in [3.63, 3.8) is 0 Å². The maximum absolute atomic E-state index is 13.2. The van der Waals surface area contributed by atoms with Crippen molar-refractivity contribution in [1.29, 1.82) is 0 Å². The van der Waals surface area contributed by atoms with Crippen molar-refractivity contribution in [1.82, 2.24) is 19.3 Å². The second-order valence-electron chi connectivity index (χ2n) is 6.85. The topological polar surface area (TPSA) is 107 Å². The van der Waals surface area contributed by atoms with Crippen molar-refractivity contribution in [2.75, 3.05) is 13.1 Å². The molecule has 0 spiro atoms. The van der Waals surface area contributed by atoms with Gasteiger partial charge in [-0.3, -0.25) is 14.0 Å². The second-order valence-corrected chi connectivity index (χ2v) is 6.85.